The molecule has 35 heavy (non-hydrogen) atoms. The van der Waals surface area contributed by atoms with Gasteiger partial charge < -0.3 is 20.1 Å². The van der Waals surface area contributed by atoms with Crippen LogP contribution in [0.25, 0.3) is 11.0 Å². The van der Waals surface area contributed by atoms with E-state index in [2.05, 4.69) is 49.1 Å². The van der Waals surface area contributed by atoms with Gasteiger partial charge in [0.15, 0.2) is 5.82 Å². The summed E-state index contributed by atoms with van der Waals surface area (Å²) in [5, 5.41) is 6.61. The summed E-state index contributed by atoms with van der Waals surface area (Å²) in [5.41, 5.74) is 3.16. The molecule has 2 heterocycles. The van der Waals surface area contributed by atoms with Crippen LogP contribution in [-0.2, 0) is 0 Å². The second-order valence-corrected chi connectivity index (χ2v) is 7.47. The predicted molar refractivity (Wildman–Crippen MR) is 142 cm³/mol. The van der Waals surface area contributed by atoms with Crippen LogP contribution in [0.2, 0.25) is 0 Å². The molecule has 0 aliphatic heterocycles. The lowest BCUT2D eigenvalue weighted by atomic mass is 10.2. The van der Waals surface area contributed by atoms with Crippen LogP contribution in [0.4, 0.5) is 11.5 Å². The second kappa shape index (κ2) is 13.6. The van der Waals surface area contributed by atoms with E-state index in [0.717, 1.165) is 30.8 Å². The lowest BCUT2D eigenvalue weighted by molar-refractivity contribution is 0.308. The Bertz CT molecular complexity index is 1220. The minimum Gasteiger partial charge on any atom is -0.492 e. The van der Waals surface area contributed by atoms with Crippen LogP contribution >= 0.6 is 0 Å². The predicted octanol–water partition coefficient (Wildman–Crippen LogP) is 4.63. The van der Waals surface area contributed by atoms with Gasteiger partial charge in [0.05, 0.1) is 18.3 Å². The van der Waals surface area contributed by atoms with Gasteiger partial charge in [0.2, 0.25) is 0 Å². The van der Waals surface area contributed by atoms with Gasteiger partial charge in [0.1, 0.15) is 35.4 Å². The first-order valence-electron chi connectivity index (χ1n) is 11.4. The molecule has 0 atom stereocenters. The fourth-order valence-electron chi connectivity index (χ4n) is 3.13. The molecule has 0 bridgehead atoms. The van der Waals surface area contributed by atoms with Crippen molar-refractivity contribution in [1.29, 1.82) is 0 Å². The van der Waals surface area contributed by atoms with E-state index >= 15 is 0 Å². The molecule has 9 heteroatoms. The number of aliphatic imine (C=N–C) groups is 2. The largest absolute Gasteiger partial charge is 0.492 e. The van der Waals surface area contributed by atoms with Crippen molar-refractivity contribution in [3.8, 4) is 11.5 Å². The van der Waals surface area contributed by atoms with Crippen LogP contribution in [-0.4, -0.2) is 54.2 Å². The molecule has 0 fully saturated rings. The Labute approximate surface area is 205 Å². The van der Waals surface area contributed by atoms with Crippen LogP contribution in [0, 0.1) is 6.92 Å². The monoisotopic (exact) mass is 473 g/mol. The van der Waals surface area contributed by atoms with E-state index in [0.29, 0.717) is 40.7 Å². The van der Waals surface area contributed by atoms with Crippen LogP contribution < -0.4 is 20.1 Å². The van der Waals surface area contributed by atoms with Crippen LogP contribution in [0.15, 0.2) is 71.3 Å². The molecule has 0 spiro atoms. The Morgan fingerprint density at radius 2 is 2.09 bits per heavy atom. The van der Waals surface area contributed by atoms with E-state index in [1.165, 1.54) is 12.7 Å². The molecular formula is C26H31N7O2. The average Bonchev–Trinajstić information content (AvgIpc) is 2.87. The molecule has 2 N–H and O–H groups in total. The highest BCUT2D eigenvalue weighted by molar-refractivity contribution is 5.87. The van der Waals surface area contributed by atoms with E-state index in [4.69, 9.17) is 9.47 Å². The number of hydrogen-bond acceptors (Lipinski definition) is 8. The normalized spacial score (nSPS) is 11.9. The summed E-state index contributed by atoms with van der Waals surface area (Å²) < 4.78 is 11.7. The summed E-state index contributed by atoms with van der Waals surface area (Å²) in [6.07, 6.45) is 10.5. The van der Waals surface area contributed by atoms with Crippen LogP contribution in [0.3, 0.4) is 0 Å². The fourth-order valence-corrected chi connectivity index (χ4v) is 3.13. The molecular weight excluding hydrogens is 442 g/mol. The summed E-state index contributed by atoms with van der Waals surface area (Å²) >= 11 is 0. The van der Waals surface area contributed by atoms with Crippen molar-refractivity contribution in [2.45, 2.75) is 20.3 Å². The maximum Gasteiger partial charge on any atom is 0.160 e. The number of fused-ring (bicyclic) bond motifs is 1. The van der Waals surface area contributed by atoms with Gasteiger partial charge >= 0.3 is 0 Å². The van der Waals surface area contributed by atoms with E-state index in [9.17, 15) is 0 Å². The molecule has 3 rings (SSSR count). The summed E-state index contributed by atoms with van der Waals surface area (Å²) in [5.74, 6) is 2.59. The SMILES string of the molecule is C=C/C(=C\C=NC=NC)Oc1ccc(Nc2ncnc3cc(OCCCNCC)cnc23)cc1C. The topological polar surface area (TPSA) is 106 Å². The Morgan fingerprint density at radius 3 is 2.86 bits per heavy atom. The third kappa shape index (κ3) is 7.72. The van der Waals surface area contributed by atoms with Gasteiger partial charge in [-0.3, -0.25) is 4.99 Å². The maximum atomic E-state index is 5.94. The van der Waals surface area contributed by atoms with E-state index < -0.39 is 0 Å². The first-order chi connectivity index (χ1) is 17.1. The highest BCUT2D eigenvalue weighted by Gasteiger charge is 2.09. The lowest BCUT2D eigenvalue weighted by Gasteiger charge is -2.13. The average molecular weight is 474 g/mol. The van der Waals surface area contributed by atoms with Crippen molar-refractivity contribution >= 4 is 35.1 Å². The summed E-state index contributed by atoms with van der Waals surface area (Å²) in [4.78, 5) is 21.1. The zero-order valence-corrected chi connectivity index (χ0v) is 20.4. The number of anilines is 2. The summed E-state index contributed by atoms with van der Waals surface area (Å²) in [6, 6.07) is 7.65. The summed E-state index contributed by atoms with van der Waals surface area (Å²) in [6.45, 7) is 10.3. The molecule has 0 unspecified atom stereocenters. The van der Waals surface area contributed by atoms with Crippen molar-refractivity contribution in [3.63, 3.8) is 0 Å². The third-order valence-corrected chi connectivity index (χ3v) is 4.84. The van der Waals surface area contributed by atoms with Crippen molar-refractivity contribution in [3.05, 3.63) is 66.8 Å². The van der Waals surface area contributed by atoms with Crippen molar-refractivity contribution in [1.82, 2.24) is 20.3 Å². The van der Waals surface area contributed by atoms with Gasteiger partial charge in [-0.05, 0) is 62.3 Å². The Kier molecular flexibility index (Phi) is 9.89. The number of benzene rings is 1. The molecule has 0 aliphatic rings. The number of hydrogen-bond donors (Lipinski definition) is 2. The quantitative estimate of drug-likeness (QED) is 0.123. The van der Waals surface area contributed by atoms with Gasteiger partial charge in [0, 0.05) is 25.0 Å². The van der Waals surface area contributed by atoms with E-state index in [1.54, 1.807) is 31.6 Å². The molecule has 0 radical (unpaired) electrons. The molecule has 9 nitrogen and oxygen atoms in total. The number of pyridine rings is 1. The van der Waals surface area contributed by atoms with E-state index in [-0.39, 0.29) is 0 Å². The van der Waals surface area contributed by atoms with Crippen molar-refractivity contribution in [2.24, 2.45) is 9.98 Å². The zero-order chi connectivity index (χ0) is 24.9. The zero-order valence-electron chi connectivity index (χ0n) is 20.4. The number of ether oxygens (including phenoxy) is 2. The number of aromatic nitrogens is 3. The Morgan fingerprint density at radius 1 is 1.20 bits per heavy atom. The van der Waals surface area contributed by atoms with Gasteiger partial charge in [-0.1, -0.05) is 13.5 Å². The third-order valence-electron chi connectivity index (χ3n) is 4.84. The molecule has 0 saturated carbocycles. The Hall–Kier alpha value is -4.11. The lowest BCUT2D eigenvalue weighted by Crippen LogP contribution is -2.16. The number of allylic oxidation sites excluding steroid dienone is 2. The van der Waals surface area contributed by atoms with Gasteiger partial charge in [-0.2, -0.15) is 0 Å². The maximum absolute atomic E-state index is 5.94. The molecule has 0 amide bonds. The second-order valence-electron chi connectivity index (χ2n) is 7.47. The number of rotatable bonds is 13. The molecule has 182 valence electrons. The van der Waals surface area contributed by atoms with Crippen molar-refractivity contribution in [2.75, 3.05) is 32.1 Å². The highest BCUT2D eigenvalue weighted by Crippen LogP contribution is 2.28. The van der Waals surface area contributed by atoms with Crippen LogP contribution in [0.1, 0.15) is 18.9 Å². The van der Waals surface area contributed by atoms with Gasteiger partial charge in [-0.25, -0.2) is 19.9 Å². The molecule has 3 aromatic rings. The van der Waals surface area contributed by atoms with Gasteiger partial charge in [-0.15, -0.1) is 0 Å². The van der Waals surface area contributed by atoms with Crippen molar-refractivity contribution < 1.29 is 9.47 Å². The first-order valence-corrected chi connectivity index (χ1v) is 11.4. The molecule has 2 aromatic heterocycles. The molecule has 0 saturated heterocycles. The first kappa shape index (κ1) is 25.5. The number of aryl methyl sites for hydroxylation is 1. The standard InChI is InChI=1S/C26H31N7O2/c1-5-21(10-12-29-17-27-4)35-24-9-8-20(14-19(24)3)33-26-25-23(31-18-32-26)15-22(16-30-25)34-13-7-11-28-6-2/h5,8-10,12,14-18,28H,1,6-7,11,13H2,2-4H3,(H,31,32,33)/b21-10+,27-17?,29-12?. The van der Waals surface area contributed by atoms with E-state index in [1.807, 2.05) is 31.2 Å². The fraction of sp³-hybridized carbons (Fsp3) is 0.269. The van der Waals surface area contributed by atoms with Gasteiger partial charge in [0.25, 0.3) is 0 Å². The smallest absolute Gasteiger partial charge is 0.160 e. The number of nitrogens with zero attached hydrogens (tertiary/aromatic N) is 5. The molecule has 0 aliphatic carbocycles. The Balaban J connectivity index is 1.70. The molecule has 1 aromatic carbocycles. The minimum atomic E-state index is 0.577. The summed E-state index contributed by atoms with van der Waals surface area (Å²) in [7, 11) is 1.66. The number of nitrogens with one attached hydrogen (secondary N) is 2. The van der Waals surface area contributed by atoms with Crippen LogP contribution in [0.5, 0.6) is 11.5 Å². The highest BCUT2D eigenvalue weighted by atomic mass is 16.5. The minimum absolute atomic E-state index is 0.577.